The third-order valence-corrected chi connectivity index (χ3v) is 6.90. The van der Waals surface area contributed by atoms with Crippen LogP contribution in [0.2, 0.25) is 5.02 Å². The predicted octanol–water partition coefficient (Wildman–Crippen LogP) is 4.60. The lowest BCUT2D eigenvalue weighted by Crippen LogP contribution is -2.51. The van der Waals surface area contributed by atoms with Gasteiger partial charge in [0, 0.05) is 28.6 Å². The summed E-state index contributed by atoms with van der Waals surface area (Å²) in [6.07, 6.45) is -1.45. The number of aliphatic hydroxyl groups is 1. The van der Waals surface area contributed by atoms with Gasteiger partial charge in [-0.15, -0.1) is 0 Å². The summed E-state index contributed by atoms with van der Waals surface area (Å²) < 4.78 is 50.5. The molecule has 0 saturated carbocycles. The summed E-state index contributed by atoms with van der Waals surface area (Å²) in [7, 11) is 0. The first-order chi connectivity index (χ1) is 19.0. The van der Waals surface area contributed by atoms with Gasteiger partial charge >= 0.3 is 12.0 Å². The normalized spacial score (nSPS) is 17.4. The fourth-order valence-electron chi connectivity index (χ4n) is 4.52. The number of halogens is 4. The lowest BCUT2D eigenvalue weighted by atomic mass is 9.97. The highest BCUT2D eigenvalue weighted by atomic mass is 35.5. The van der Waals surface area contributed by atoms with Crippen molar-refractivity contribution in [3.8, 4) is 0 Å². The summed E-state index contributed by atoms with van der Waals surface area (Å²) in [5.41, 5.74) is -0.853. The SMILES string of the molecule is CCCC[C@H](NC(=O)O[C@H](c1cccc(F)c1)C(F)(F)c1cccc(Cl)c1)C(=O)N[C@H](CO)C[C@@H]1CCNC1=O. The first-order valence-corrected chi connectivity index (χ1v) is 13.5. The molecule has 2 aromatic carbocycles. The number of aliphatic hydroxyl groups excluding tert-OH is 1. The second-order valence-electron chi connectivity index (χ2n) is 9.71. The molecule has 1 aliphatic rings. The predicted molar refractivity (Wildman–Crippen MR) is 142 cm³/mol. The maximum Gasteiger partial charge on any atom is 0.408 e. The van der Waals surface area contributed by atoms with Crippen LogP contribution >= 0.6 is 11.6 Å². The van der Waals surface area contributed by atoms with Gasteiger partial charge in [-0.25, -0.2) is 9.18 Å². The molecule has 40 heavy (non-hydrogen) atoms. The van der Waals surface area contributed by atoms with Gasteiger partial charge in [0.2, 0.25) is 11.8 Å². The molecule has 2 aromatic rings. The molecule has 1 aliphatic heterocycles. The number of alkyl halides is 2. The van der Waals surface area contributed by atoms with Crippen LogP contribution in [0.25, 0.3) is 0 Å². The molecular weight excluding hydrogens is 551 g/mol. The standard InChI is InChI=1S/C28H33ClF3N3O5/c1-2-3-10-23(26(38)34-22(16-36)14-18-11-12-33-25(18)37)35-27(39)40-24(17-6-4-9-21(30)13-17)28(31,32)19-7-5-8-20(29)15-19/h4-9,13,15,18,22-24,36H,2-3,10-12,14,16H2,1H3,(H,33,37)(H,34,38)(H,35,39)/t18-,22-,23-,24+/m0/s1. The topological polar surface area (TPSA) is 117 Å². The number of carbonyl (C=O) groups excluding carboxylic acids is 3. The van der Waals surface area contributed by atoms with Crippen molar-refractivity contribution in [2.45, 2.75) is 63.1 Å². The zero-order valence-corrected chi connectivity index (χ0v) is 22.7. The van der Waals surface area contributed by atoms with Gasteiger partial charge in [0.15, 0.2) is 6.10 Å². The molecule has 4 atom stereocenters. The molecular formula is C28H33ClF3N3O5. The Hall–Kier alpha value is -3.31. The van der Waals surface area contributed by atoms with Crippen molar-refractivity contribution >= 4 is 29.5 Å². The van der Waals surface area contributed by atoms with Crippen LogP contribution in [-0.2, 0) is 20.2 Å². The van der Waals surface area contributed by atoms with E-state index in [1.54, 1.807) is 0 Å². The summed E-state index contributed by atoms with van der Waals surface area (Å²) >= 11 is 5.90. The minimum atomic E-state index is -3.82. The van der Waals surface area contributed by atoms with Gasteiger partial charge in [0.05, 0.1) is 12.6 Å². The molecule has 3 amide bonds. The maximum absolute atomic E-state index is 15.7. The van der Waals surface area contributed by atoms with Gasteiger partial charge in [-0.05, 0) is 43.5 Å². The number of amides is 3. The second kappa shape index (κ2) is 14.4. The molecule has 0 radical (unpaired) electrons. The molecule has 0 bridgehead atoms. The van der Waals surface area contributed by atoms with Crippen molar-refractivity contribution in [2.24, 2.45) is 5.92 Å². The summed E-state index contributed by atoms with van der Waals surface area (Å²) in [6, 6.07) is 7.23. The van der Waals surface area contributed by atoms with Crippen molar-refractivity contribution in [1.29, 1.82) is 0 Å². The Morgan fingerprint density at radius 2 is 1.95 bits per heavy atom. The Balaban J connectivity index is 1.78. The first-order valence-electron chi connectivity index (χ1n) is 13.1. The Morgan fingerprint density at radius 3 is 2.58 bits per heavy atom. The highest BCUT2D eigenvalue weighted by Crippen LogP contribution is 2.43. The van der Waals surface area contributed by atoms with Crippen LogP contribution in [-0.4, -0.2) is 48.2 Å². The molecule has 4 N–H and O–H groups in total. The number of unbranched alkanes of at least 4 members (excludes halogenated alkanes) is 1. The van der Waals surface area contributed by atoms with Gasteiger partial charge in [0.25, 0.3) is 0 Å². The molecule has 0 aliphatic carbocycles. The molecule has 1 saturated heterocycles. The zero-order chi connectivity index (χ0) is 29.3. The van der Waals surface area contributed by atoms with Crippen molar-refractivity contribution in [2.75, 3.05) is 13.2 Å². The monoisotopic (exact) mass is 583 g/mol. The Labute approximate surface area is 235 Å². The lowest BCUT2D eigenvalue weighted by molar-refractivity contribution is -0.128. The van der Waals surface area contributed by atoms with E-state index in [1.165, 1.54) is 24.3 Å². The Bertz CT molecular complexity index is 1190. The van der Waals surface area contributed by atoms with Crippen LogP contribution in [0, 0.1) is 11.7 Å². The van der Waals surface area contributed by atoms with Crippen molar-refractivity contribution in [3.05, 3.63) is 70.5 Å². The Kier molecular flexibility index (Phi) is 11.2. The van der Waals surface area contributed by atoms with E-state index in [0.29, 0.717) is 25.8 Å². The van der Waals surface area contributed by atoms with E-state index in [0.717, 1.165) is 24.3 Å². The number of carbonyl (C=O) groups is 3. The smallest absolute Gasteiger partial charge is 0.408 e. The van der Waals surface area contributed by atoms with E-state index >= 15 is 8.78 Å². The van der Waals surface area contributed by atoms with Crippen LogP contribution < -0.4 is 16.0 Å². The quantitative estimate of drug-likeness (QED) is 0.275. The summed E-state index contributed by atoms with van der Waals surface area (Å²) in [6.45, 7) is 1.94. The molecule has 12 heteroatoms. The fourth-order valence-corrected chi connectivity index (χ4v) is 4.71. The van der Waals surface area contributed by atoms with Crippen molar-refractivity contribution in [1.82, 2.24) is 16.0 Å². The Morgan fingerprint density at radius 1 is 1.20 bits per heavy atom. The number of hydrogen-bond acceptors (Lipinski definition) is 5. The van der Waals surface area contributed by atoms with Gasteiger partial charge in [-0.1, -0.05) is 55.6 Å². The number of hydrogen-bond donors (Lipinski definition) is 4. The molecule has 0 aromatic heterocycles. The van der Waals surface area contributed by atoms with E-state index in [9.17, 15) is 23.9 Å². The molecule has 0 spiro atoms. The third kappa shape index (κ3) is 8.34. The molecule has 8 nitrogen and oxygen atoms in total. The number of alkyl carbamates (subject to hydrolysis) is 1. The van der Waals surface area contributed by atoms with E-state index < -0.39 is 54.1 Å². The number of benzene rings is 2. The van der Waals surface area contributed by atoms with E-state index in [1.807, 2.05) is 6.92 Å². The minimum absolute atomic E-state index is 0.0319. The number of nitrogens with one attached hydrogen (secondary N) is 3. The first kappa shape index (κ1) is 31.2. The van der Waals surface area contributed by atoms with Gasteiger partial charge < -0.3 is 25.8 Å². The molecule has 0 unspecified atom stereocenters. The van der Waals surface area contributed by atoms with Crippen LogP contribution in [0.15, 0.2) is 48.5 Å². The highest BCUT2D eigenvalue weighted by molar-refractivity contribution is 6.30. The van der Waals surface area contributed by atoms with Gasteiger partial charge in [-0.2, -0.15) is 8.78 Å². The largest absolute Gasteiger partial charge is 0.434 e. The summed E-state index contributed by atoms with van der Waals surface area (Å²) in [5.74, 6) is -5.82. The lowest BCUT2D eigenvalue weighted by Gasteiger charge is -2.29. The van der Waals surface area contributed by atoms with Crippen LogP contribution in [0.1, 0.15) is 56.3 Å². The van der Waals surface area contributed by atoms with Crippen LogP contribution in [0.4, 0.5) is 18.0 Å². The molecule has 3 rings (SSSR count). The highest BCUT2D eigenvalue weighted by Gasteiger charge is 2.46. The number of rotatable bonds is 13. The summed E-state index contributed by atoms with van der Waals surface area (Å²) in [5, 5.41) is 17.5. The van der Waals surface area contributed by atoms with Crippen LogP contribution in [0.5, 0.6) is 0 Å². The molecule has 1 fully saturated rings. The maximum atomic E-state index is 15.7. The van der Waals surface area contributed by atoms with E-state index in [2.05, 4.69) is 16.0 Å². The number of ether oxygens (including phenoxy) is 1. The molecule has 218 valence electrons. The minimum Gasteiger partial charge on any atom is -0.434 e. The second-order valence-corrected chi connectivity index (χ2v) is 10.1. The van der Waals surface area contributed by atoms with E-state index in [-0.39, 0.29) is 35.3 Å². The van der Waals surface area contributed by atoms with Gasteiger partial charge in [-0.3, -0.25) is 9.59 Å². The average molecular weight is 584 g/mol. The van der Waals surface area contributed by atoms with Crippen LogP contribution in [0.3, 0.4) is 0 Å². The molecule has 1 heterocycles. The summed E-state index contributed by atoms with van der Waals surface area (Å²) in [4.78, 5) is 37.9. The van der Waals surface area contributed by atoms with E-state index in [4.69, 9.17) is 16.3 Å². The van der Waals surface area contributed by atoms with Gasteiger partial charge in [0.1, 0.15) is 11.9 Å². The zero-order valence-electron chi connectivity index (χ0n) is 22.0. The van der Waals surface area contributed by atoms with Crippen molar-refractivity contribution in [3.63, 3.8) is 0 Å². The third-order valence-electron chi connectivity index (χ3n) is 6.67. The van der Waals surface area contributed by atoms with Crippen molar-refractivity contribution < 1.29 is 37.4 Å². The fraction of sp³-hybridized carbons (Fsp3) is 0.464. The average Bonchev–Trinajstić information content (AvgIpc) is 3.32.